The maximum atomic E-state index is 12.6. The number of nitro groups is 1. The van der Waals surface area contributed by atoms with Crippen LogP contribution >= 0.6 is 0 Å². The molecule has 3 rings (SSSR count). The van der Waals surface area contributed by atoms with Crippen molar-refractivity contribution in [3.8, 4) is 0 Å². The highest BCUT2D eigenvalue weighted by molar-refractivity contribution is 7.85. The Morgan fingerprint density at radius 1 is 1.32 bits per heavy atom. The van der Waals surface area contributed by atoms with Crippen LogP contribution in [0.2, 0.25) is 0 Å². The number of pyridine rings is 1. The van der Waals surface area contributed by atoms with Crippen molar-refractivity contribution in [1.82, 2.24) is 15.2 Å². The zero-order chi connectivity index (χ0) is 20.7. The fourth-order valence-electron chi connectivity index (χ4n) is 2.37. The molecule has 1 aromatic heterocycles. The minimum atomic E-state index is -4.02. The fraction of sp³-hybridized carbons (Fsp3) is 0.235. The van der Waals surface area contributed by atoms with Crippen LogP contribution in [0.5, 0.6) is 0 Å². The van der Waals surface area contributed by atoms with Crippen LogP contribution in [0.25, 0.3) is 0 Å². The van der Waals surface area contributed by atoms with Gasteiger partial charge < -0.3 is 10.2 Å². The molecule has 2 aromatic rings. The number of hydrogen-bond acceptors (Lipinski definition) is 7. The first-order valence-electron chi connectivity index (χ1n) is 8.14. The lowest BCUT2D eigenvalue weighted by Gasteiger charge is -2.16. The summed E-state index contributed by atoms with van der Waals surface area (Å²) in [6.07, 6.45) is 2.36. The van der Waals surface area contributed by atoms with Crippen molar-refractivity contribution in [2.45, 2.75) is 18.4 Å². The molecule has 9 nitrogen and oxygen atoms in total. The molecule has 11 heteroatoms. The van der Waals surface area contributed by atoms with E-state index in [1.807, 2.05) is 11.8 Å². The number of aryl methyl sites for hydroxylation is 1. The van der Waals surface area contributed by atoms with Crippen LogP contribution in [0.4, 0.5) is 4.39 Å². The topological polar surface area (TPSA) is 126 Å². The molecule has 0 spiro atoms. The Kier molecular flexibility index (Phi) is 7.01. The number of hydrogen-bond donors (Lipinski definition) is 2. The summed E-state index contributed by atoms with van der Waals surface area (Å²) in [5.41, 5.74) is 1.77. The molecular weight excluding hydrogens is 391 g/mol. The molecule has 1 aliphatic rings. The Hall–Kier alpha value is -3.05. The summed E-state index contributed by atoms with van der Waals surface area (Å²) in [6, 6.07) is 8.88. The summed E-state index contributed by atoms with van der Waals surface area (Å²) < 4.78 is 42.2. The van der Waals surface area contributed by atoms with E-state index in [1.54, 1.807) is 18.2 Å². The number of halogens is 1. The van der Waals surface area contributed by atoms with E-state index in [1.165, 1.54) is 24.4 Å². The van der Waals surface area contributed by atoms with E-state index < -0.39 is 21.0 Å². The van der Waals surface area contributed by atoms with Crippen molar-refractivity contribution in [2.24, 2.45) is 0 Å². The van der Waals surface area contributed by atoms with Gasteiger partial charge in [-0.25, -0.2) is 4.98 Å². The molecule has 0 unspecified atom stereocenters. The number of nitrogens with one attached hydrogen (secondary N) is 1. The van der Waals surface area contributed by atoms with Gasteiger partial charge in [0.25, 0.3) is 16.3 Å². The van der Waals surface area contributed by atoms with Crippen LogP contribution in [0, 0.1) is 23.0 Å². The lowest BCUT2D eigenvalue weighted by molar-refractivity contribution is -0.404. The summed E-state index contributed by atoms with van der Waals surface area (Å²) in [6.45, 7) is 3.65. The van der Waals surface area contributed by atoms with Gasteiger partial charge in [-0.3, -0.25) is 14.7 Å². The zero-order valence-corrected chi connectivity index (χ0v) is 15.8. The SMILES string of the molecule is Cc1ccc(S(=O)(=O)O)cc1.O=[N+]([O-])/C=C1\NCCN1Cc1ccc(F)nc1. The molecule has 0 aliphatic carbocycles. The van der Waals surface area contributed by atoms with Crippen molar-refractivity contribution in [1.29, 1.82) is 0 Å². The molecule has 0 amide bonds. The number of nitrogens with zero attached hydrogens (tertiary/aromatic N) is 3. The Morgan fingerprint density at radius 2 is 2.00 bits per heavy atom. The third kappa shape index (κ3) is 6.59. The van der Waals surface area contributed by atoms with Gasteiger partial charge in [-0.15, -0.1) is 0 Å². The van der Waals surface area contributed by atoms with Crippen molar-refractivity contribution in [3.05, 3.63) is 81.8 Å². The Bertz CT molecular complexity index is 947. The molecule has 2 heterocycles. The van der Waals surface area contributed by atoms with Gasteiger partial charge >= 0.3 is 0 Å². The highest BCUT2D eigenvalue weighted by atomic mass is 32.2. The molecule has 0 saturated carbocycles. The first-order valence-corrected chi connectivity index (χ1v) is 9.58. The second kappa shape index (κ2) is 9.24. The van der Waals surface area contributed by atoms with E-state index in [-0.39, 0.29) is 4.90 Å². The molecule has 28 heavy (non-hydrogen) atoms. The number of rotatable bonds is 4. The van der Waals surface area contributed by atoms with Gasteiger partial charge in [0.2, 0.25) is 5.95 Å². The van der Waals surface area contributed by atoms with Crippen molar-refractivity contribution in [2.75, 3.05) is 13.1 Å². The van der Waals surface area contributed by atoms with E-state index >= 15 is 0 Å². The van der Waals surface area contributed by atoms with Crippen LogP contribution in [-0.2, 0) is 16.7 Å². The Balaban J connectivity index is 0.000000221. The molecule has 0 atom stereocenters. The monoisotopic (exact) mass is 410 g/mol. The lowest BCUT2D eigenvalue weighted by atomic mass is 10.2. The van der Waals surface area contributed by atoms with Gasteiger partial charge in [0.15, 0.2) is 5.82 Å². The summed E-state index contributed by atoms with van der Waals surface area (Å²) in [5, 5.41) is 13.3. The van der Waals surface area contributed by atoms with E-state index in [0.29, 0.717) is 25.5 Å². The molecule has 0 bridgehead atoms. The van der Waals surface area contributed by atoms with Gasteiger partial charge in [0.1, 0.15) is 0 Å². The van der Waals surface area contributed by atoms with Crippen molar-refractivity contribution in [3.63, 3.8) is 0 Å². The third-order valence-electron chi connectivity index (χ3n) is 3.74. The van der Waals surface area contributed by atoms with Gasteiger partial charge in [-0.2, -0.15) is 12.8 Å². The van der Waals surface area contributed by atoms with Crippen molar-refractivity contribution < 1.29 is 22.3 Å². The first kappa shape index (κ1) is 21.3. The molecule has 1 saturated heterocycles. The summed E-state index contributed by atoms with van der Waals surface area (Å²) in [5.74, 6) is -0.0614. The molecule has 150 valence electrons. The normalized spacial score (nSPS) is 15.0. The van der Waals surface area contributed by atoms with Gasteiger partial charge in [0.05, 0.1) is 9.82 Å². The van der Waals surface area contributed by atoms with Crippen LogP contribution in [-0.4, -0.2) is 40.9 Å². The maximum absolute atomic E-state index is 12.6. The van der Waals surface area contributed by atoms with E-state index in [9.17, 15) is 22.9 Å². The quantitative estimate of drug-likeness (QED) is 0.339. The second-order valence-corrected chi connectivity index (χ2v) is 7.35. The minimum Gasteiger partial charge on any atom is -0.365 e. The molecule has 1 fully saturated rings. The first-order chi connectivity index (χ1) is 13.1. The lowest BCUT2D eigenvalue weighted by Crippen LogP contribution is -2.20. The van der Waals surface area contributed by atoms with Crippen molar-refractivity contribution >= 4 is 10.1 Å². The molecule has 2 N–H and O–H groups in total. The summed E-state index contributed by atoms with van der Waals surface area (Å²) in [4.78, 5) is 15.2. The average Bonchev–Trinajstić information content (AvgIpc) is 3.03. The maximum Gasteiger partial charge on any atom is 0.294 e. The van der Waals surface area contributed by atoms with Crippen LogP contribution in [0.3, 0.4) is 0 Å². The Morgan fingerprint density at radius 3 is 2.54 bits per heavy atom. The molecular formula is C17H19FN4O5S. The number of aromatic nitrogens is 1. The predicted octanol–water partition coefficient (Wildman–Crippen LogP) is 1.94. The van der Waals surface area contributed by atoms with Gasteiger partial charge in [-0.05, 0) is 30.7 Å². The highest BCUT2D eigenvalue weighted by Gasteiger charge is 2.19. The summed E-state index contributed by atoms with van der Waals surface area (Å²) in [7, 11) is -4.02. The molecule has 1 aliphatic heterocycles. The smallest absolute Gasteiger partial charge is 0.294 e. The van der Waals surface area contributed by atoms with E-state index in [4.69, 9.17) is 4.55 Å². The number of benzene rings is 1. The van der Waals surface area contributed by atoms with Gasteiger partial charge in [0, 0.05) is 25.8 Å². The van der Waals surface area contributed by atoms with Crippen LogP contribution in [0.1, 0.15) is 11.1 Å². The van der Waals surface area contributed by atoms with Crippen LogP contribution < -0.4 is 5.32 Å². The Labute approximate surface area is 161 Å². The van der Waals surface area contributed by atoms with E-state index in [0.717, 1.165) is 17.3 Å². The van der Waals surface area contributed by atoms with Crippen LogP contribution in [0.15, 0.2) is 59.5 Å². The minimum absolute atomic E-state index is 0.0666. The van der Waals surface area contributed by atoms with E-state index in [2.05, 4.69) is 10.3 Å². The zero-order valence-electron chi connectivity index (χ0n) is 14.9. The fourth-order valence-corrected chi connectivity index (χ4v) is 2.85. The molecule has 1 aromatic carbocycles. The largest absolute Gasteiger partial charge is 0.365 e. The summed E-state index contributed by atoms with van der Waals surface area (Å²) >= 11 is 0. The van der Waals surface area contributed by atoms with Gasteiger partial charge in [-0.1, -0.05) is 23.8 Å². The molecule has 0 radical (unpaired) electrons. The third-order valence-corrected chi connectivity index (χ3v) is 4.61. The standard InChI is InChI=1S/C10H11FN4O2.C7H8O3S/c11-9-2-1-8(5-13-9)6-14-4-3-12-10(14)7-15(16)17;1-6-2-4-7(5-3-6)11(8,9)10/h1-2,5,7,12H,3-4,6H2;2-5H,1H3,(H,8,9,10)/b10-7+;. The highest BCUT2D eigenvalue weighted by Crippen LogP contribution is 2.12. The second-order valence-electron chi connectivity index (χ2n) is 5.93. The predicted molar refractivity (Wildman–Crippen MR) is 98.7 cm³/mol. The average molecular weight is 410 g/mol.